The zero-order chi connectivity index (χ0) is 7.56. The monoisotopic (exact) mass is 141 g/mol. The predicted octanol–water partition coefficient (Wildman–Crippen LogP) is 0.821. The lowest BCUT2D eigenvalue weighted by atomic mass is 9.93. The van der Waals surface area contributed by atoms with Crippen molar-refractivity contribution in [1.82, 2.24) is 5.32 Å². The summed E-state index contributed by atoms with van der Waals surface area (Å²) in [5, 5.41) is 3.28. The Labute approximate surface area is 62.0 Å². The third kappa shape index (κ3) is 1.81. The zero-order valence-electron chi connectivity index (χ0n) is 6.68. The van der Waals surface area contributed by atoms with Crippen molar-refractivity contribution in [2.24, 2.45) is 11.8 Å². The van der Waals surface area contributed by atoms with E-state index in [0.29, 0.717) is 17.6 Å². The van der Waals surface area contributed by atoms with Crippen molar-refractivity contribution in [3.63, 3.8) is 0 Å². The second-order valence-electron chi connectivity index (χ2n) is 3.30. The highest BCUT2D eigenvalue weighted by Gasteiger charge is 2.23. The average Bonchev–Trinajstić information content (AvgIpc) is 2.15. The highest BCUT2D eigenvalue weighted by molar-refractivity contribution is 5.75. The van der Waals surface area contributed by atoms with Crippen molar-refractivity contribution >= 4 is 5.78 Å². The Morgan fingerprint density at radius 1 is 1.60 bits per heavy atom. The Morgan fingerprint density at radius 2 is 2.30 bits per heavy atom. The van der Waals surface area contributed by atoms with E-state index in [-0.39, 0.29) is 0 Å². The molecule has 58 valence electrons. The lowest BCUT2D eigenvalue weighted by Gasteiger charge is -2.10. The van der Waals surface area contributed by atoms with Crippen LogP contribution in [-0.2, 0) is 4.79 Å². The molecule has 0 aromatic rings. The fourth-order valence-corrected chi connectivity index (χ4v) is 1.51. The first-order valence-corrected chi connectivity index (χ1v) is 3.90. The number of rotatable bonds is 2. The fraction of sp³-hybridized carbons (Fsp3) is 0.875. The zero-order valence-corrected chi connectivity index (χ0v) is 6.68. The van der Waals surface area contributed by atoms with Crippen LogP contribution in [0.3, 0.4) is 0 Å². The van der Waals surface area contributed by atoms with Crippen LogP contribution in [0.1, 0.15) is 20.3 Å². The van der Waals surface area contributed by atoms with Crippen LogP contribution >= 0.6 is 0 Å². The number of nitrogens with one attached hydrogen (secondary N) is 1. The topological polar surface area (TPSA) is 29.1 Å². The standard InChI is InChI=1S/C8H15NO/c1-6-4-9-5-8(6)3-7(2)10/h6,8-9H,3-5H2,1-2H3/t6-,8-/m1/s1. The number of hydrogen-bond acceptors (Lipinski definition) is 2. The molecule has 0 radical (unpaired) electrons. The summed E-state index contributed by atoms with van der Waals surface area (Å²) in [5.74, 6) is 1.60. The molecule has 2 atom stereocenters. The van der Waals surface area contributed by atoms with E-state index in [1.54, 1.807) is 6.92 Å². The third-order valence-electron chi connectivity index (χ3n) is 2.23. The van der Waals surface area contributed by atoms with Gasteiger partial charge < -0.3 is 10.1 Å². The maximum absolute atomic E-state index is 10.7. The molecule has 1 aliphatic rings. The first kappa shape index (κ1) is 7.73. The van der Waals surface area contributed by atoms with Gasteiger partial charge in [-0.25, -0.2) is 0 Å². The smallest absolute Gasteiger partial charge is 0.130 e. The Morgan fingerprint density at radius 3 is 2.70 bits per heavy atom. The second kappa shape index (κ2) is 3.15. The van der Waals surface area contributed by atoms with Crippen molar-refractivity contribution < 1.29 is 4.79 Å². The Bertz CT molecular complexity index is 133. The van der Waals surface area contributed by atoms with Crippen LogP contribution in [0.4, 0.5) is 0 Å². The first-order chi connectivity index (χ1) is 4.70. The lowest BCUT2D eigenvalue weighted by molar-refractivity contribution is -0.118. The molecule has 1 fully saturated rings. The molecule has 1 rings (SSSR count). The van der Waals surface area contributed by atoms with Gasteiger partial charge in [-0.15, -0.1) is 0 Å². The molecule has 2 heteroatoms. The Balaban J connectivity index is 2.33. The van der Waals surface area contributed by atoms with Gasteiger partial charge in [0.15, 0.2) is 0 Å². The average molecular weight is 141 g/mol. The molecule has 0 aromatic carbocycles. The summed E-state index contributed by atoms with van der Waals surface area (Å²) >= 11 is 0. The van der Waals surface area contributed by atoms with Gasteiger partial charge in [0.05, 0.1) is 0 Å². The highest BCUT2D eigenvalue weighted by atomic mass is 16.1. The van der Waals surface area contributed by atoms with E-state index < -0.39 is 0 Å². The summed E-state index contributed by atoms with van der Waals surface area (Å²) in [5.41, 5.74) is 0. The van der Waals surface area contributed by atoms with E-state index in [0.717, 1.165) is 19.5 Å². The summed E-state index contributed by atoms with van der Waals surface area (Å²) in [4.78, 5) is 10.7. The van der Waals surface area contributed by atoms with Crippen molar-refractivity contribution in [2.45, 2.75) is 20.3 Å². The van der Waals surface area contributed by atoms with E-state index in [2.05, 4.69) is 12.2 Å². The minimum Gasteiger partial charge on any atom is -0.316 e. The number of carbonyl (C=O) groups excluding carboxylic acids is 1. The second-order valence-corrected chi connectivity index (χ2v) is 3.30. The minimum atomic E-state index is 0.320. The number of carbonyl (C=O) groups is 1. The van der Waals surface area contributed by atoms with Gasteiger partial charge in [-0.3, -0.25) is 0 Å². The fourth-order valence-electron chi connectivity index (χ4n) is 1.51. The van der Waals surface area contributed by atoms with E-state index in [4.69, 9.17) is 0 Å². The van der Waals surface area contributed by atoms with E-state index >= 15 is 0 Å². The Kier molecular flexibility index (Phi) is 2.44. The molecule has 1 heterocycles. The van der Waals surface area contributed by atoms with Gasteiger partial charge in [0, 0.05) is 6.42 Å². The van der Waals surface area contributed by atoms with E-state index in [1.807, 2.05) is 0 Å². The molecule has 1 saturated heterocycles. The molecule has 0 unspecified atom stereocenters. The van der Waals surface area contributed by atoms with Crippen molar-refractivity contribution in [2.75, 3.05) is 13.1 Å². The number of Topliss-reactive ketones (excluding diaryl/α,β-unsaturated/α-hetero) is 1. The molecule has 0 bridgehead atoms. The number of hydrogen-bond donors (Lipinski definition) is 1. The molecule has 0 amide bonds. The Hall–Kier alpha value is -0.370. The van der Waals surface area contributed by atoms with Gasteiger partial charge in [-0.05, 0) is 31.8 Å². The minimum absolute atomic E-state index is 0.320. The summed E-state index contributed by atoms with van der Waals surface area (Å²) in [6.07, 6.45) is 0.758. The molecule has 10 heavy (non-hydrogen) atoms. The van der Waals surface area contributed by atoms with Crippen molar-refractivity contribution in [3.05, 3.63) is 0 Å². The molecule has 2 nitrogen and oxygen atoms in total. The molecule has 1 aliphatic heterocycles. The summed E-state index contributed by atoms with van der Waals surface area (Å²) in [7, 11) is 0. The molecular formula is C8H15NO. The molecule has 0 spiro atoms. The van der Waals surface area contributed by atoms with Crippen LogP contribution < -0.4 is 5.32 Å². The van der Waals surface area contributed by atoms with Crippen molar-refractivity contribution in [3.8, 4) is 0 Å². The maximum atomic E-state index is 10.7. The van der Waals surface area contributed by atoms with Gasteiger partial charge >= 0.3 is 0 Å². The molecule has 0 saturated carbocycles. The van der Waals surface area contributed by atoms with Gasteiger partial charge in [0.1, 0.15) is 5.78 Å². The molecule has 1 N–H and O–H groups in total. The third-order valence-corrected chi connectivity index (χ3v) is 2.23. The SMILES string of the molecule is CC(=O)C[C@@H]1CNC[C@H]1C. The number of ketones is 1. The first-order valence-electron chi connectivity index (χ1n) is 3.90. The summed E-state index contributed by atoms with van der Waals surface area (Å²) in [6, 6.07) is 0. The van der Waals surface area contributed by atoms with Crippen LogP contribution in [0.15, 0.2) is 0 Å². The lowest BCUT2D eigenvalue weighted by Crippen LogP contribution is -2.13. The van der Waals surface area contributed by atoms with Crippen LogP contribution in [0, 0.1) is 11.8 Å². The quantitative estimate of drug-likeness (QED) is 0.617. The van der Waals surface area contributed by atoms with Crippen LogP contribution in [0.25, 0.3) is 0 Å². The summed E-state index contributed by atoms with van der Waals surface area (Å²) < 4.78 is 0. The van der Waals surface area contributed by atoms with Gasteiger partial charge in [0.25, 0.3) is 0 Å². The molecular weight excluding hydrogens is 126 g/mol. The predicted molar refractivity (Wildman–Crippen MR) is 40.8 cm³/mol. The summed E-state index contributed by atoms with van der Waals surface area (Å²) in [6.45, 7) is 5.98. The van der Waals surface area contributed by atoms with Gasteiger partial charge in [-0.1, -0.05) is 6.92 Å². The highest BCUT2D eigenvalue weighted by Crippen LogP contribution is 2.19. The molecule has 0 aliphatic carbocycles. The van der Waals surface area contributed by atoms with Crippen LogP contribution in [0.5, 0.6) is 0 Å². The van der Waals surface area contributed by atoms with Crippen LogP contribution in [0.2, 0.25) is 0 Å². The van der Waals surface area contributed by atoms with E-state index in [9.17, 15) is 4.79 Å². The van der Waals surface area contributed by atoms with Crippen molar-refractivity contribution in [1.29, 1.82) is 0 Å². The largest absolute Gasteiger partial charge is 0.316 e. The maximum Gasteiger partial charge on any atom is 0.130 e. The van der Waals surface area contributed by atoms with Crippen LogP contribution in [-0.4, -0.2) is 18.9 Å². The normalized spacial score (nSPS) is 32.6. The van der Waals surface area contributed by atoms with E-state index in [1.165, 1.54) is 0 Å². The molecule has 0 aromatic heterocycles. The van der Waals surface area contributed by atoms with Gasteiger partial charge in [-0.2, -0.15) is 0 Å². The van der Waals surface area contributed by atoms with Gasteiger partial charge in [0.2, 0.25) is 0 Å².